The lowest BCUT2D eigenvalue weighted by molar-refractivity contribution is -0.384. The van der Waals surface area contributed by atoms with Crippen molar-refractivity contribution >= 4 is 56.2 Å². The molecule has 1 N–H and O–H groups in total. The molecule has 0 saturated heterocycles. The smallest absolute Gasteiger partial charge is 0.269 e. The summed E-state index contributed by atoms with van der Waals surface area (Å²) in [4.78, 5) is 22.8. The lowest BCUT2D eigenvalue weighted by Crippen LogP contribution is -2.38. The average molecular weight is 480 g/mol. The normalized spacial score (nSPS) is 11.0. The number of hydrogen-bond donors (Lipinski definition) is 1. The third kappa shape index (κ3) is 5.32. The van der Waals surface area contributed by atoms with Crippen LogP contribution >= 0.6 is 23.2 Å². The molecule has 11 heteroatoms. The fourth-order valence-electron chi connectivity index (χ4n) is 2.67. The number of nitrogens with zero attached hydrogens (tertiary/aromatic N) is 2. The monoisotopic (exact) mass is 479 g/mol. The number of nitrogens with one attached hydrogen (secondary N) is 1. The van der Waals surface area contributed by atoms with E-state index in [4.69, 9.17) is 23.2 Å². The maximum atomic E-state index is 13.2. The van der Waals surface area contributed by atoms with Crippen LogP contribution in [-0.4, -0.2) is 25.8 Å². The van der Waals surface area contributed by atoms with E-state index in [0.717, 1.165) is 4.31 Å². The molecule has 3 aromatic rings. The molecular formula is C20H15Cl2N3O5S. The summed E-state index contributed by atoms with van der Waals surface area (Å²) in [6.07, 6.45) is 0. The van der Waals surface area contributed by atoms with Gasteiger partial charge < -0.3 is 5.32 Å². The van der Waals surface area contributed by atoms with Crippen molar-refractivity contribution in [1.82, 2.24) is 0 Å². The molecule has 0 aliphatic rings. The van der Waals surface area contributed by atoms with Crippen LogP contribution in [-0.2, 0) is 14.8 Å². The molecule has 3 rings (SSSR count). The van der Waals surface area contributed by atoms with Gasteiger partial charge in [-0.15, -0.1) is 0 Å². The molecule has 8 nitrogen and oxygen atoms in total. The zero-order valence-electron chi connectivity index (χ0n) is 15.7. The molecule has 3 aromatic carbocycles. The molecule has 1 amide bonds. The first-order valence-electron chi connectivity index (χ1n) is 8.75. The highest BCUT2D eigenvalue weighted by atomic mass is 35.5. The van der Waals surface area contributed by atoms with Crippen molar-refractivity contribution in [3.63, 3.8) is 0 Å². The number of hydrogen-bond acceptors (Lipinski definition) is 5. The summed E-state index contributed by atoms with van der Waals surface area (Å²) in [6.45, 7) is -0.563. The van der Waals surface area contributed by atoms with Crippen molar-refractivity contribution in [1.29, 1.82) is 0 Å². The molecule has 0 unspecified atom stereocenters. The standard InChI is InChI=1S/C20H15Cl2N3O5S/c21-18-11-10-16(12-19(18)22)24(31(29,30)17-4-2-1-3-5-17)13-20(26)23-14-6-8-15(9-7-14)25(27)28/h1-12H,13H2,(H,23,26). The second-order valence-corrected chi connectivity index (χ2v) is 8.95. The second-order valence-electron chi connectivity index (χ2n) is 6.28. The van der Waals surface area contributed by atoms with Crippen LogP contribution in [0.3, 0.4) is 0 Å². The van der Waals surface area contributed by atoms with E-state index < -0.39 is 27.4 Å². The number of benzene rings is 3. The lowest BCUT2D eigenvalue weighted by atomic mass is 10.3. The number of halogens is 2. The van der Waals surface area contributed by atoms with Gasteiger partial charge in [0.15, 0.2) is 0 Å². The Morgan fingerprint density at radius 1 is 0.968 bits per heavy atom. The van der Waals surface area contributed by atoms with Gasteiger partial charge in [0.25, 0.3) is 15.7 Å². The van der Waals surface area contributed by atoms with Gasteiger partial charge in [0.2, 0.25) is 5.91 Å². The van der Waals surface area contributed by atoms with Gasteiger partial charge in [0.05, 0.1) is 25.6 Å². The van der Waals surface area contributed by atoms with Gasteiger partial charge in [0, 0.05) is 17.8 Å². The van der Waals surface area contributed by atoms with Crippen LogP contribution in [0.25, 0.3) is 0 Å². The third-order valence-electron chi connectivity index (χ3n) is 4.17. The van der Waals surface area contributed by atoms with Crippen LogP contribution in [0.15, 0.2) is 77.7 Å². The summed E-state index contributed by atoms with van der Waals surface area (Å²) in [5.74, 6) is -0.653. The number of rotatable bonds is 7. The summed E-state index contributed by atoms with van der Waals surface area (Å²) < 4.78 is 27.4. The van der Waals surface area contributed by atoms with Gasteiger partial charge in [-0.2, -0.15) is 0 Å². The topological polar surface area (TPSA) is 110 Å². The Morgan fingerprint density at radius 2 is 1.61 bits per heavy atom. The van der Waals surface area contributed by atoms with E-state index in [-0.39, 0.29) is 32.0 Å². The molecule has 0 fully saturated rings. The Morgan fingerprint density at radius 3 is 2.19 bits per heavy atom. The second kappa shape index (κ2) is 9.34. The Hall–Kier alpha value is -3.14. The number of amides is 1. The number of nitro groups is 1. The van der Waals surface area contributed by atoms with Crippen LogP contribution < -0.4 is 9.62 Å². The molecule has 160 valence electrons. The van der Waals surface area contributed by atoms with E-state index in [9.17, 15) is 23.3 Å². The van der Waals surface area contributed by atoms with E-state index >= 15 is 0 Å². The quantitative estimate of drug-likeness (QED) is 0.388. The molecule has 0 radical (unpaired) electrons. The van der Waals surface area contributed by atoms with Crippen molar-refractivity contribution in [2.75, 3.05) is 16.2 Å². The molecule has 0 atom stereocenters. The van der Waals surface area contributed by atoms with E-state index in [1.165, 1.54) is 54.6 Å². The zero-order chi connectivity index (χ0) is 22.6. The minimum atomic E-state index is -4.11. The van der Waals surface area contributed by atoms with Crippen molar-refractivity contribution in [3.8, 4) is 0 Å². The van der Waals surface area contributed by atoms with E-state index in [0.29, 0.717) is 0 Å². The maximum absolute atomic E-state index is 13.2. The van der Waals surface area contributed by atoms with Crippen LogP contribution in [0.5, 0.6) is 0 Å². The number of nitro benzene ring substituents is 1. The summed E-state index contributed by atoms with van der Waals surface area (Å²) in [5.41, 5.74) is 0.293. The van der Waals surface area contributed by atoms with Crippen molar-refractivity contribution in [3.05, 3.63) is 93.0 Å². The minimum Gasteiger partial charge on any atom is -0.325 e. The fourth-order valence-corrected chi connectivity index (χ4v) is 4.40. The highest BCUT2D eigenvalue weighted by Crippen LogP contribution is 2.30. The molecule has 0 aliphatic heterocycles. The summed E-state index contributed by atoms with van der Waals surface area (Å²) in [6, 6.07) is 17.0. The number of anilines is 2. The largest absolute Gasteiger partial charge is 0.325 e. The summed E-state index contributed by atoms with van der Waals surface area (Å²) in [5, 5.41) is 13.7. The maximum Gasteiger partial charge on any atom is 0.269 e. The predicted octanol–water partition coefficient (Wildman–Crippen LogP) is 4.74. The third-order valence-corrected chi connectivity index (χ3v) is 6.70. The number of non-ortho nitro benzene ring substituents is 1. The highest BCUT2D eigenvalue weighted by molar-refractivity contribution is 7.92. The van der Waals surface area contributed by atoms with E-state index in [1.807, 2.05) is 0 Å². The molecule has 0 aromatic heterocycles. The van der Waals surface area contributed by atoms with Crippen LogP contribution in [0, 0.1) is 10.1 Å². The van der Waals surface area contributed by atoms with Crippen LogP contribution in [0.1, 0.15) is 0 Å². The van der Waals surface area contributed by atoms with E-state index in [2.05, 4.69) is 5.32 Å². The van der Waals surface area contributed by atoms with Crippen molar-refractivity contribution < 1.29 is 18.1 Å². The molecular weight excluding hydrogens is 465 g/mol. The predicted molar refractivity (Wildman–Crippen MR) is 119 cm³/mol. The lowest BCUT2D eigenvalue weighted by Gasteiger charge is -2.24. The fraction of sp³-hybridized carbons (Fsp3) is 0.0500. The molecule has 0 saturated carbocycles. The van der Waals surface area contributed by atoms with Gasteiger partial charge in [-0.05, 0) is 42.5 Å². The van der Waals surface area contributed by atoms with Crippen LogP contribution in [0.4, 0.5) is 17.1 Å². The molecule has 0 heterocycles. The number of carbonyl (C=O) groups excluding carboxylic acids is 1. The van der Waals surface area contributed by atoms with Crippen molar-refractivity contribution in [2.45, 2.75) is 4.90 Å². The average Bonchev–Trinajstić information content (AvgIpc) is 2.75. The van der Waals surface area contributed by atoms with Gasteiger partial charge >= 0.3 is 0 Å². The Labute approximate surface area is 188 Å². The first-order chi connectivity index (χ1) is 14.7. The number of carbonyl (C=O) groups is 1. The molecule has 0 aliphatic carbocycles. The summed E-state index contributed by atoms with van der Waals surface area (Å²) >= 11 is 12.0. The summed E-state index contributed by atoms with van der Waals surface area (Å²) in [7, 11) is -4.11. The Kier molecular flexibility index (Phi) is 6.79. The number of sulfonamides is 1. The molecule has 0 bridgehead atoms. The van der Waals surface area contributed by atoms with Gasteiger partial charge in [-0.3, -0.25) is 19.2 Å². The van der Waals surface area contributed by atoms with Crippen LogP contribution in [0.2, 0.25) is 10.0 Å². The zero-order valence-corrected chi connectivity index (χ0v) is 18.1. The molecule has 31 heavy (non-hydrogen) atoms. The first-order valence-corrected chi connectivity index (χ1v) is 11.0. The minimum absolute atomic E-state index is 0.00999. The van der Waals surface area contributed by atoms with Crippen molar-refractivity contribution in [2.24, 2.45) is 0 Å². The highest BCUT2D eigenvalue weighted by Gasteiger charge is 2.27. The first kappa shape index (κ1) is 22.5. The SMILES string of the molecule is O=C(CN(c1ccc(Cl)c(Cl)c1)S(=O)(=O)c1ccccc1)Nc1ccc([N+](=O)[O-])cc1. The Bertz CT molecular complexity index is 1220. The van der Waals surface area contributed by atoms with Gasteiger partial charge in [-0.1, -0.05) is 41.4 Å². The Balaban J connectivity index is 1.91. The molecule has 0 spiro atoms. The van der Waals surface area contributed by atoms with Gasteiger partial charge in [0.1, 0.15) is 6.54 Å². The van der Waals surface area contributed by atoms with E-state index in [1.54, 1.807) is 18.2 Å². The van der Waals surface area contributed by atoms with Gasteiger partial charge in [-0.25, -0.2) is 8.42 Å².